The molecule has 0 saturated carbocycles. The Morgan fingerprint density at radius 1 is 1.29 bits per heavy atom. The van der Waals surface area contributed by atoms with Crippen LogP contribution in [0.25, 0.3) is 10.9 Å². The molecule has 1 amide bonds. The van der Waals surface area contributed by atoms with E-state index in [1.165, 1.54) is 7.11 Å². The number of hydrogen-bond donors (Lipinski definition) is 1. The Morgan fingerprint density at radius 3 is 2.79 bits per heavy atom. The summed E-state index contributed by atoms with van der Waals surface area (Å²) in [6.07, 6.45) is 4.42. The fourth-order valence-electron chi connectivity index (χ4n) is 2.44. The smallest absolute Gasteiger partial charge is 0.414 e. The number of benzene rings is 1. The lowest BCUT2D eigenvalue weighted by molar-refractivity contribution is -0.140. The van der Waals surface area contributed by atoms with Crippen LogP contribution in [0.1, 0.15) is 31.7 Å². The summed E-state index contributed by atoms with van der Waals surface area (Å²) in [5.74, 6) is 0.266. The molecule has 0 atom stereocenters. The summed E-state index contributed by atoms with van der Waals surface area (Å²) >= 11 is 0. The number of aryl methyl sites for hydroxylation is 1. The van der Waals surface area contributed by atoms with Crippen LogP contribution < -0.4 is 4.74 Å². The second kappa shape index (κ2) is 8.38. The summed E-state index contributed by atoms with van der Waals surface area (Å²) in [4.78, 5) is 28.0. The molecule has 1 heterocycles. The van der Waals surface area contributed by atoms with Gasteiger partial charge in [0.2, 0.25) is 0 Å². The Labute approximate surface area is 141 Å². The molecule has 1 aromatic heterocycles. The molecule has 6 heteroatoms. The zero-order valence-corrected chi connectivity index (χ0v) is 14.4. The molecule has 0 radical (unpaired) electrons. The lowest BCUT2D eigenvalue weighted by Gasteiger charge is -2.16. The lowest BCUT2D eigenvalue weighted by Crippen LogP contribution is -2.30. The van der Waals surface area contributed by atoms with E-state index >= 15 is 0 Å². The van der Waals surface area contributed by atoms with Crippen LogP contribution >= 0.6 is 0 Å². The molecule has 0 unspecified atom stereocenters. The van der Waals surface area contributed by atoms with Gasteiger partial charge in [-0.05, 0) is 30.5 Å². The number of ether oxygens (including phenoxy) is 2. The number of fused-ring (bicyclic) bond motifs is 1. The fraction of sp³-hybridized carbons (Fsp3) is 0.444. The number of nitrogens with one attached hydrogen (secondary N) is 1. The van der Waals surface area contributed by atoms with Crippen LogP contribution in [0, 0.1) is 0 Å². The van der Waals surface area contributed by atoms with Gasteiger partial charge in [-0.15, -0.1) is 0 Å². The monoisotopic (exact) mass is 332 g/mol. The van der Waals surface area contributed by atoms with Gasteiger partial charge in [0.25, 0.3) is 0 Å². The van der Waals surface area contributed by atoms with Crippen molar-refractivity contribution in [3.05, 3.63) is 30.0 Å². The van der Waals surface area contributed by atoms with E-state index in [0.717, 1.165) is 29.3 Å². The van der Waals surface area contributed by atoms with E-state index < -0.39 is 0 Å². The first kappa shape index (κ1) is 17.8. The molecule has 2 rings (SSSR count). The highest BCUT2D eigenvalue weighted by Gasteiger charge is 2.12. The third kappa shape index (κ3) is 4.50. The van der Waals surface area contributed by atoms with Crippen molar-refractivity contribution in [2.24, 2.45) is 0 Å². The number of methoxy groups -OCH3 is 1. The number of rotatable bonds is 7. The summed E-state index contributed by atoms with van der Waals surface area (Å²) in [6.45, 7) is 2.76. The number of esters is 1. The number of hydrogen-bond acceptors (Lipinski definition) is 4. The first-order valence-corrected chi connectivity index (χ1v) is 8.15. The zero-order valence-electron chi connectivity index (χ0n) is 14.4. The van der Waals surface area contributed by atoms with Crippen LogP contribution in [0.2, 0.25) is 0 Å². The summed E-state index contributed by atoms with van der Waals surface area (Å²) in [7, 11) is 3.12. The minimum Gasteiger partial charge on any atom is -0.469 e. The summed E-state index contributed by atoms with van der Waals surface area (Å²) in [6, 6.07) is 5.46. The molecule has 0 fully saturated rings. The van der Waals surface area contributed by atoms with Crippen LogP contribution in [-0.2, 0) is 16.0 Å². The van der Waals surface area contributed by atoms with E-state index in [1.54, 1.807) is 24.1 Å². The zero-order chi connectivity index (χ0) is 17.5. The number of aromatic amines is 1. The second-order valence-corrected chi connectivity index (χ2v) is 5.74. The van der Waals surface area contributed by atoms with E-state index in [1.807, 2.05) is 12.3 Å². The summed E-state index contributed by atoms with van der Waals surface area (Å²) in [5, 5.41) is 1.01. The molecule has 6 nitrogen and oxygen atoms in total. The molecule has 0 bridgehead atoms. The number of nitrogens with zero attached hydrogens (tertiary/aromatic N) is 1. The van der Waals surface area contributed by atoms with Crippen LogP contribution in [0.15, 0.2) is 24.4 Å². The van der Waals surface area contributed by atoms with Crippen LogP contribution in [-0.4, -0.2) is 42.6 Å². The second-order valence-electron chi connectivity index (χ2n) is 5.74. The molecule has 0 aliphatic carbocycles. The van der Waals surface area contributed by atoms with Crippen molar-refractivity contribution in [2.75, 3.05) is 20.7 Å². The minimum atomic E-state index is -0.361. The Balaban J connectivity index is 2.04. The van der Waals surface area contributed by atoms with E-state index in [2.05, 4.69) is 16.6 Å². The topological polar surface area (TPSA) is 71.6 Å². The van der Waals surface area contributed by atoms with Gasteiger partial charge in [0.15, 0.2) is 0 Å². The predicted molar refractivity (Wildman–Crippen MR) is 92.2 cm³/mol. The van der Waals surface area contributed by atoms with Gasteiger partial charge in [-0.1, -0.05) is 13.3 Å². The van der Waals surface area contributed by atoms with Crippen molar-refractivity contribution in [2.45, 2.75) is 32.6 Å². The maximum absolute atomic E-state index is 12.0. The third-order valence-electron chi connectivity index (χ3n) is 3.93. The first-order valence-electron chi connectivity index (χ1n) is 8.15. The predicted octanol–water partition coefficient (Wildman–Crippen LogP) is 3.50. The highest BCUT2D eigenvalue weighted by molar-refractivity contribution is 5.85. The largest absolute Gasteiger partial charge is 0.469 e. The van der Waals surface area contributed by atoms with E-state index in [9.17, 15) is 9.59 Å². The number of H-pyrrole nitrogens is 1. The SMILES string of the molecule is CCCCN(C)C(=O)Oc1ccc2c(CCC(=O)OC)c[nH]c2c1. The molecule has 0 spiro atoms. The summed E-state index contributed by atoms with van der Waals surface area (Å²) < 4.78 is 10.1. The normalized spacial score (nSPS) is 10.6. The van der Waals surface area contributed by atoms with Gasteiger partial charge in [-0.2, -0.15) is 0 Å². The van der Waals surface area contributed by atoms with Gasteiger partial charge in [-0.3, -0.25) is 4.79 Å². The number of aromatic nitrogens is 1. The van der Waals surface area contributed by atoms with Gasteiger partial charge in [0, 0.05) is 43.2 Å². The average molecular weight is 332 g/mol. The molecule has 0 aliphatic rings. The van der Waals surface area contributed by atoms with Crippen molar-refractivity contribution in [3.8, 4) is 5.75 Å². The van der Waals surface area contributed by atoms with Crippen LogP contribution in [0.5, 0.6) is 5.75 Å². The number of amides is 1. The summed E-state index contributed by atoms with van der Waals surface area (Å²) in [5.41, 5.74) is 1.91. The van der Waals surface area contributed by atoms with Gasteiger partial charge < -0.3 is 19.4 Å². The Kier molecular flexibility index (Phi) is 6.23. The maximum atomic E-state index is 12.0. The molecule has 130 valence electrons. The van der Waals surface area contributed by atoms with Crippen molar-refractivity contribution >= 4 is 23.0 Å². The molecule has 1 N–H and O–H groups in total. The van der Waals surface area contributed by atoms with Gasteiger partial charge in [-0.25, -0.2) is 4.79 Å². The highest BCUT2D eigenvalue weighted by Crippen LogP contribution is 2.24. The molecule has 24 heavy (non-hydrogen) atoms. The molecule has 2 aromatic rings. The molecule has 0 saturated heterocycles. The Bertz CT molecular complexity index is 708. The third-order valence-corrected chi connectivity index (χ3v) is 3.93. The van der Waals surface area contributed by atoms with Crippen molar-refractivity contribution in [1.82, 2.24) is 9.88 Å². The van der Waals surface area contributed by atoms with E-state index in [4.69, 9.17) is 4.74 Å². The maximum Gasteiger partial charge on any atom is 0.414 e. The molecular weight excluding hydrogens is 308 g/mol. The number of unbranched alkanes of at least 4 members (excludes halogenated alkanes) is 1. The van der Waals surface area contributed by atoms with Crippen molar-refractivity contribution in [1.29, 1.82) is 0 Å². The fourth-order valence-corrected chi connectivity index (χ4v) is 2.44. The quantitative estimate of drug-likeness (QED) is 0.788. The van der Waals surface area contributed by atoms with Gasteiger partial charge in [0.1, 0.15) is 5.75 Å². The van der Waals surface area contributed by atoms with Crippen molar-refractivity contribution < 1.29 is 19.1 Å². The number of carbonyl (C=O) groups excluding carboxylic acids is 2. The number of carbonyl (C=O) groups is 2. The minimum absolute atomic E-state index is 0.231. The van der Waals surface area contributed by atoms with Crippen molar-refractivity contribution in [3.63, 3.8) is 0 Å². The Hall–Kier alpha value is -2.50. The van der Waals surface area contributed by atoms with Gasteiger partial charge in [0.05, 0.1) is 7.11 Å². The van der Waals surface area contributed by atoms with Crippen LogP contribution in [0.4, 0.5) is 4.79 Å². The lowest BCUT2D eigenvalue weighted by atomic mass is 10.1. The Morgan fingerprint density at radius 2 is 2.08 bits per heavy atom. The van der Waals surface area contributed by atoms with E-state index in [0.29, 0.717) is 25.1 Å². The highest BCUT2D eigenvalue weighted by atomic mass is 16.6. The molecule has 0 aliphatic heterocycles. The average Bonchev–Trinajstić information content (AvgIpc) is 2.99. The molecule has 1 aromatic carbocycles. The first-order chi connectivity index (χ1) is 11.5. The standard InChI is InChI=1S/C18H24N2O4/c1-4-5-10-20(2)18(22)24-14-7-8-15-13(6-9-17(21)23-3)12-19-16(15)11-14/h7-8,11-12,19H,4-6,9-10H2,1-3H3. The van der Waals surface area contributed by atoms with Gasteiger partial charge >= 0.3 is 12.1 Å². The van der Waals surface area contributed by atoms with E-state index in [-0.39, 0.29) is 12.1 Å². The molecular formula is C18H24N2O4. The van der Waals surface area contributed by atoms with Crippen LogP contribution in [0.3, 0.4) is 0 Å².